The molecule has 1 saturated heterocycles. The van der Waals surface area contributed by atoms with E-state index in [0.29, 0.717) is 0 Å². The Morgan fingerprint density at radius 2 is 1.71 bits per heavy atom. The van der Waals surface area contributed by atoms with Crippen molar-refractivity contribution in [3.05, 3.63) is 88.1 Å². The van der Waals surface area contributed by atoms with Crippen LogP contribution in [-0.4, -0.2) is 29.9 Å². The predicted octanol–water partition coefficient (Wildman–Crippen LogP) is 5.37. The molecule has 0 N–H and O–H groups in total. The third-order valence-corrected chi connectivity index (χ3v) is 6.29. The Kier molecular flexibility index (Phi) is 5.89. The first-order chi connectivity index (χ1) is 13.7. The molecule has 1 aliphatic rings. The smallest absolute Gasteiger partial charge is 0.258 e. The number of benzene rings is 2. The minimum Gasteiger partial charge on any atom is -0.305 e. The Hall–Kier alpha value is -2.43. The highest BCUT2D eigenvalue weighted by molar-refractivity contribution is 7.09. The molecule has 3 nitrogen and oxygen atoms in total. The summed E-state index contributed by atoms with van der Waals surface area (Å²) in [6.45, 7) is 5.14. The van der Waals surface area contributed by atoms with Gasteiger partial charge in [0.25, 0.3) is 5.91 Å². The molecule has 144 valence electrons. The lowest BCUT2D eigenvalue weighted by atomic mass is 10.0. The van der Waals surface area contributed by atoms with Crippen molar-refractivity contribution >= 4 is 22.9 Å². The van der Waals surface area contributed by atoms with Gasteiger partial charge in [-0.15, -0.1) is 11.3 Å². The molecule has 0 radical (unpaired) electrons. The minimum absolute atomic E-state index is 0.0983. The van der Waals surface area contributed by atoms with Crippen molar-refractivity contribution in [2.24, 2.45) is 0 Å². The first kappa shape index (κ1) is 18.9. The molecule has 4 heteroatoms. The van der Waals surface area contributed by atoms with Gasteiger partial charge in [0.05, 0.1) is 0 Å². The molecule has 28 heavy (non-hydrogen) atoms. The van der Waals surface area contributed by atoms with Gasteiger partial charge in [0, 0.05) is 41.8 Å². The number of anilines is 1. The van der Waals surface area contributed by atoms with Crippen LogP contribution in [-0.2, 0) is 6.54 Å². The van der Waals surface area contributed by atoms with E-state index < -0.39 is 0 Å². The second-order valence-corrected chi connectivity index (χ2v) is 8.50. The van der Waals surface area contributed by atoms with E-state index in [1.54, 1.807) is 0 Å². The van der Waals surface area contributed by atoms with Gasteiger partial charge in [0.2, 0.25) is 0 Å². The van der Waals surface area contributed by atoms with Crippen LogP contribution in [0.5, 0.6) is 0 Å². The minimum atomic E-state index is 0.0983. The molecule has 0 unspecified atom stereocenters. The molecule has 2 heterocycles. The summed E-state index contributed by atoms with van der Waals surface area (Å²) < 4.78 is 0. The van der Waals surface area contributed by atoms with Gasteiger partial charge in [0.1, 0.15) is 0 Å². The SMILES string of the molecule is Cc1ccc(N(C(=O)c2ccccc2)C2CCN(Cc3cccs3)CC2)cc1. The van der Waals surface area contributed by atoms with Crippen LogP contribution in [0.2, 0.25) is 0 Å². The van der Waals surface area contributed by atoms with Gasteiger partial charge >= 0.3 is 0 Å². The lowest BCUT2D eigenvalue weighted by Gasteiger charge is -2.38. The number of rotatable bonds is 5. The summed E-state index contributed by atoms with van der Waals surface area (Å²) in [7, 11) is 0. The maximum absolute atomic E-state index is 13.4. The van der Waals surface area contributed by atoms with Crippen LogP contribution in [0.15, 0.2) is 72.1 Å². The molecule has 1 fully saturated rings. The van der Waals surface area contributed by atoms with Crippen molar-refractivity contribution in [3.8, 4) is 0 Å². The van der Waals surface area contributed by atoms with Gasteiger partial charge in [-0.1, -0.05) is 42.0 Å². The Balaban J connectivity index is 1.52. The topological polar surface area (TPSA) is 23.6 Å². The second kappa shape index (κ2) is 8.72. The normalized spacial score (nSPS) is 15.5. The molecule has 1 aliphatic heterocycles. The quantitative estimate of drug-likeness (QED) is 0.585. The monoisotopic (exact) mass is 390 g/mol. The summed E-state index contributed by atoms with van der Waals surface area (Å²) in [4.78, 5) is 19.3. The van der Waals surface area contributed by atoms with E-state index in [9.17, 15) is 4.79 Å². The van der Waals surface area contributed by atoms with E-state index >= 15 is 0 Å². The molecule has 0 atom stereocenters. The molecule has 0 saturated carbocycles. The van der Waals surface area contributed by atoms with Crippen molar-refractivity contribution < 1.29 is 4.79 Å². The molecule has 1 aromatic heterocycles. The lowest BCUT2D eigenvalue weighted by Crippen LogP contribution is -2.47. The van der Waals surface area contributed by atoms with E-state index in [0.717, 1.165) is 43.7 Å². The Morgan fingerprint density at radius 1 is 1.00 bits per heavy atom. The zero-order valence-corrected chi connectivity index (χ0v) is 17.1. The van der Waals surface area contributed by atoms with E-state index in [2.05, 4.69) is 53.6 Å². The number of carbonyl (C=O) groups is 1. The van der Waals surface area contributed by atoms with Crippen LogP contribution in [0.25, 0.3) is 0 Å². The van der Waals surface area contributed by atoms with E-state index in [1.807, 2.05) is 46.6 Å². The van der Waals surface area contributed by atoms with Gasteiger partial charge in [-0.25, -0.2) is 0 Å². The van der Waals surface area contributed by atoms with Crippen LogP contribution in [0.1, 0.15) is 33.6 Å². The van der Waals surface area contributed by atoms with Crippen molar-refractivity contribution in [2.75, 3.05) is 18.0 Å². The van der Waals surface area contributed by atoms with Crippen LogP contribution >= 0.6 is 11.3 Å². The number of piperidine rings is 1. The molecule has 1 amide bonds. The van der Waals surface area contributed by atoms with E-state index in [1.165, 1.54) is 10.4 Å². The largest absolute Gasteiger partial charge is 0.305 e. The summed E-state index contributed by atoms with van der Waals surface area (Å²) in [6.07, 6.45) is 2.00. The molecule has 0 bridgehead atoms. The van der Waals surface area contributed by atoms with Gasteiger partial charge in [-0.2, -0.15) is 0 Å². The highest BCUT2D eigenvalue weighted by Crippen LogP contribution is 2.27. The van der Waals surface area contributed by atoms with Crippen molar-refractivity contribution in [3.63, 3.8) is 0 Å². The average Bonchev–Trinajstić information content (AvgIpc) is 3.24. The van der Waals surface area contributed by atoms with Crippen LogP contribution in [0.4, 0.5) is 5.69 Å². The molecule has 0 spiro atoms. The van der Waals surface area contributed by atoms with Crippen molar-refractivity contribution in [1.29, 1.82) is 0 Å². The molecule has 2 aromatic carbocycles. The number of thiophene rings is 1. The van der Waals surface area contributed by atoms with Gasteiger partial charge in [-0.3, -0.25) is 9.69 Å². The number of aryl methyl sites for hydroxylation is 1. The summed E-state index contributed by atoms with van der Waals surface area (Å²) in [5, 5.41) is 2.14. The summed E-state index contributed by atoms with van der Waals surface area (Å²) in [5.74, 6) is 0.0983. The average molecular weight is 391 g/mol. The third kappa shape index (κ3) is 4.34. The molecule has 0 aliphatic carbocycles. The fourth-order valence-corrected chi connectivity index (χ4v) is 4.62. The number of hydrogen-bond donors (Lipinski definition) is 0. The summed E-state index contributed by atoms with van der Waals surface area (Å²) in [6, 6.07) is 22.5. The number of nitrogens with zero attached hydrogens (tertiary/aromatic N) is 2. The number of carbonyl (C=O) groups excluding carboxylic acids is 1. The van der Waals surface area contributed by atoms with E-state index in [4.69, 9.17) is 0 Å². The standard InChI is InChI=1S/C24H26N2OS/c1-19-9-11-21(12-10-19)26(24(27)20-6-3-2-4-7-20)22-13-15-25(16-14-22)18-23-8-5-17-28-23/h2-12,17,22H,13-16,18H2,1H3. The van der Waals surface area contributed by atoms with Crippen LogP contribution in [0.3, 0.4) is 0 Å². The van der Waals surface area contributed by atoms with Gasteiger partial charge in [-0.05, 0) is 55.5 Å². The maximum Gasteiger partial charge on any atom is 0.258 e. The zero-order valence-electron chi connectivity index (χ0n) is 16.3. The Labute approximate surface area is 171 Å². The van der Waals surface area contributed by atoms with Gasteiger partial charge < -0.3 is 4.90 Å². The summed E-state index contributed by atoms with van der Waals surface area (Å²) >= 11 is 1.82. The van der Waals surface area contributed by atoms with Crippen LogP contribution in [0, 0.1) is 6.92 Å². The van der Waals surface area contributed by atoms with Gasteiger partial charge in [0.15, 0.2) is 0 Å². The highest BCUT2D eigenvalue weighted by atomic mass is 32.1. The summed E-state index contributed by atoms with van der Waals surface area (Å²) in [5.41, 5.74) is 2.96. The van der Waals surface area contributed by atoms with Crippen molar-refractivity contribution in [1.82, 2.24) is 4.90 Å². The Morgan fingerprint density at radius 3 is 2.36 bits per heavy atom. The fraction of sp³-hybridized carbons (Fsp3) is 0.292. The van der Waals surface area contributed by atoms with Crippen LogP contribution < -0.4 is 4.90 Å². The molecular weight excluding hydrogens is 364 g/mol. The third-order valence-electron chi connectivity index (χ3n) is 5.43. The fourth-order valence-electron chi connectivity index (χ4n) is 3.88. The lowest BCUT2D eigenvalue weighted by molar-refractivity contribution is 0.0959. The highest BCUT2D eigenvalue weighted by Gasteiger charge is 2.29. The van der Waals surface area contributed by atoms with E-state index in [-0.39, 0.29) is 11.9 Å². The number of amides is 1. The second-order valence-electron chi connectivity index (χ2n) is 7.46. The predicted molar refractivity (Wildman–Crippen MR) is 117 cm³/mol. The molecular formula is C24H26N2OS. The molecule has 4 rings (SSSR count). The maximum atomic E-state index is 13.4. The zero-order chi connectivity index (χ0) is 19.3. The number of hydrogen-bond acceptors (Lipinski definition) is 3. The molecule has 3 aromatic rings. The Bertz CT molecular complexity index is 882. The number of likely N-dealkylation sites (tertiary alicyclic amines) is 1. The first-order valence-corrected chi connectivity index (χ1v) is 10.8. The first-order valence-electron chi connectivity index (χ1n) is 9.91. The van der Waals surface area contributed by atoms with Crippen molar-refractivity contribution in [2.45, 2.75) is 32.4 Å².